The molecule has 2 heterocycles. The lowest BCUT2D eigenvalue weighted by atomic mass is 9.70. The van der Waals surface area contributed by atoms with Crippen LogP contribution >= 0.6 is 0 Å². The van der Waals surface area contributed by atoms with Gasteiger partial charge in [-0.1, -0.05) is 19.3 Å². The first-order valence-electron chi connectivity index (χ1n) is 8.65. The predicted molar refractivity (Wildman–Crippen MR) is 80.3 cm³/mol. The van der Waals surface area contributed by atoms with Gasteiger partial charge in [0.1, 0.15) is 0 Å². The van der Waals surface area contributed by atoms with E-state index in [-0.39, 0.29) is 17.3 Å². The topological polar surface area (TPSA) is 47.9 Å². The van der Waals surface area contributed by atoms with Gasteiger partial charge in [-0.3, -0.25) is 0 Å². The molecule has 2 aliphatic heterocycles. The summed E-state index contributed by atoms with van der Waals surface area (Å²) in [7, 11) is 1.78. The van der Waals surface area contributed by atoms with Crippen LogP contribution in [0.4, 0.5) is 0 Å². The third kappa shape index (κ3) is 3.14. The summed E-state index contributed by atoms with van der Waals surface area (Å²) in [5, 5.41) is 11.1. The molecule has 0 radical (unpaired) electrons. The molecule has 4 heteroatoms. The molecule has 1 saturated carbocycles. The first kappa shape index (κ1) is 15.7. The highest BCUT2D eigenvalue weighted by atomic mass is 16.5. The van der Waals surface area contributed by atoms with E-state index in [1.165, 1.54) is 19.3 Å². The third-order valence-corrected chi connectivity index (χ3v) is 6.03. The highest BCUT2D eigenvalue weighted by Crippen LogP contribution is 2.44. The number of hydrogen-bond donors (Lipinski definition) is 1. The van der Waals surface area contributed by atoms with E-state index in [0.717, 1.165) is 58.3 Å². The SMILES string of the molecule is COC1(C(O)C2CCOC3(CCOCC3)C2)CCCCC1. The van der Waals surface area contributed by atoms with Crippen LogP contribution in [0.5, 0.6) is 0 Å². The molecule has 1 aliphatic carbocycles. The van der Waals surface area contributed by atoms with E-state index in [4.69, 9.17) is 14.2 Å². The van der Waals surface area contributed by atoms with Crippen LogP contribution < -0.4 is 0 Å². The highest BCUT2D eigenvalue weighted by Gasteiger charge is 2.48. The van der Waals surface area contributed by atoms with Crippen LogP contribution in [0.3, 0.4) is 0 Å². The zero-order chi connectivity index (χ0) is 14.8. The van der Waals surface area contributed by atoms with Crippen molar-refractivity contribution in [2.24, 2.45) is 5.92 Å². The molecule has 21 heavy (non-hydrogen) atoms. The largest absolute Gasteiger partial charge is 0.390 e. The quantitative estimate of drug-likeness (QED) is 0.870. The number of hydrogen-bond acceptors (Lipinski definition) is 4. The number of rotatable bonds is 3. The molecule has 4 nitrogen and oxygen atoms in total. The normalized spacial score (nSPS) is 33.7. The Labute approximate surface area is 128 Å². The van der Waals surface area contributed by atoms with E-state index < -0.39 is 0 Å². The Balaban J connectivity index is 1.69. The Morgan fingerprint density at radius 2 is 1.76 bits per heavy atom. The lowest BCUT2D eigenvalue weighted by Crippen LogP contribution is -2.54. The Morgan fingerprint density at radius 3 is 2.43 bits per heavy atom. The van der Waals surface area contributed by atoms with Crippen molar-refractivity contribution < 1.29 is 19.3 Å². The van der Waals surface area contributed by atoms with Crippen LogP contribution in [0.2, 0.25) is 0 Å². The highest BCUT2D eigenvalue weighted by molar-refractivity contribution is 4.99. The first-order valence-corrected chi connectivity index (χ1v) is 8.65. The molecular formula is C17H30O4. The van der Waals surface area contributed by atoms with Gasteiger partial charge in [-0.05, 0) is 44.4 Å². The molecule has 0 amide bonds. The number of aliphatic hydroxyl groups excluding tert-OH is 1. The molecule has 2 unspecified atom stereocenters. The van der Waals surface area contributed by atoms with E-state index >= 15 is 0 Å². The summed E-state index contributed by atoms with van der Waals surface area (Å²) in [4.78, 5) is 0. The van der Waals surface area contributed by atoms with Gasteiger partial charge in [0.25, 0.3) is 0 Å². The first-order chi connectivity index (χ1) is 10.2. The third-order valence-electron chi connectivity index (χ3n) is 6.03. The molecule has 1 N–H and O–H groups in total. The molecule has 122 valence electrons. The van der Waals surface area contributed by atoms with Crippen LogP contribution in [0.1, 0.15) is 57.8 Å². The Kier molecular flexibility index (Phi) is 4.89. The van der Waals surface area contributed by atoms with Gasteiger partial charge in [0, 0.05) is 26.9 Å². The summed E-state index contributed by atoms with van der Waals surface area (Å²) in [5.41, 5.74) is -0.363. The molecule has 2 atom stereocenters. The van der Waals surface area contributed by atoms with Gasteiger partial charge in [-0.25, -0.2) is 0 Å². The van der Waals surface area contributed by atoms with Crippen LogP contribution in [0.15, 0.2) is 0 Å². The van der Waals surface area contributed by atoms with Crippen LogP contribution in [0.25, 0.3) is 0 Å². The van der Waals surface area contributed by atoms with E-state index in [2.05, 4.69) is 0 Å². The number of ether oxygens (including phenoxy) is 3. The fraction of sp³-hybridized carbons (Fsp3) is 1.00. The van der Waals surface area contributed by atoms with Crippen molar-refractivity contribution in [1.82, 2.24) is 0 Å². The maximum absolute atomic E-state index is 11.1. The van der Waals surface area contributed by atoms with Gasteiger partial charge in [0.2, 0.25) is 0 Å². The average molecular weight is 298 g/mol. The zero-order valence-corrected chi connectivity index (χ0v) is 13.3. The predicted octanol–water partition coefficient (Wildman–Crippen LogP) is 2.67. The number of aliphatic hydroxyl groups is 1. The van der Waals surface area contributed by atoms with Crippen molar-refractivity contribution in [2.45, 2.75) is 75.1 Å². The maximum Gasteiger partial charge on any atom is 0.0939 e. The summed E-state index contributed by atoms with van der Waals surface area (Å²) in [5.74, 6) is 0.301. The van der Waals surface area contributed by atoms with Crippen molar-refractivity contribution in [3.63, 3.8) is 0 Å². The minimum Gasteiger partial charge on any atom is -0.390 e. The summed E-state index contributed by atoms with van der Waals surface area (Å²) in [6.45, 7) is 2.35. The van der Waals surface area contributed by atoms with E-state index in [0.29, 0.717) is 5.92 Å². The van der Waals surface area contributed by atoms with E-state index in [1.807, 2.05) is 0 Å². The van der Waals surface area contributed by atoms with Crippen molar-refractivity contribution in [3.8, 4) is 0 Å². The summed E-state index contributed by atoms with van der Waals surface area (Å²) >= 11 is 0. The maximum atomic E-state index is 11.1. The number of methoxy groups -OCH3 is 1. The van der Waals surface area contributed by atoms with E-state index in [9.17, 15) is 5.11 Å². The average Bonchev–Trinajstić information content (AvgIpc) is 2.55. The second-order valence-electron chi connectivity index (χ2n) is 7.17. The van der Waals surface area contributed by atoms with Crippen molar-refractivity contribution in [1.29, 1.82) is 0 Å². The van der Waals surface area contributed by atoms with Crippen LogP contribution in [-0.4, -0.2) is 49.3 Å². The van der Waals surface area contributed by atoms with Gasteiger partial charge >= 0.3 is 0 Å². The fourth-order valence-corrected chi connectivity index (χ4v) is 4.63. The molecule has 3 rings (SSSR count). The lowest BCUT2D eigenvalue weighted by Gasteiger charge is -2.49. The molecule has 0 aromatic carbocycles. The Morgan fingerprint density at radius 1 is 1.05 bits per heavy atom. The Hall–Kier alpha value is -0.160. The van der Waals surface area contributed by atoms with Crippen molar-refractivity contribution in [2.75, 3.05) is 26.9 Å². The van der Waals surface area contributed by atoms with E-state index in [1.54, 1.807) is 7.11 Å². The molecule has 3 fully saturated rings. The second kappa shape index (κ2) is 6.53. The van der Waals surface area contributed by atoms with Gasteiger partial charge in [0.15, 0.2) is 0 Å². The minimum atomic E-state index is -0.355. The molecule has 0 bridgehead atoms. The second-order valence-corrected chi connectivity index (χ2v) is 7.17. The summed E-state index contributed by atoms with van der Waals surface area (Å²) < 4.78 is 17.4. The summed E-state index contributed by atoms with van der Waals surface area (Å²) in [6.07, 6.45) is 9.11. The van der Waals surface area contributed by atoms with Gasteiger partial charge in [0.05, 0.1) is 17.3 Å². The molecule has 3 aliphatic rings. The monoisotopic (exact) mass is 298 g/mol. The van der Waals surface area contributed by atoms with Gasteiger partial charge in [-0.2, -0.15) is 0 Å². The standard InChI is InChI=1S/C17H30O4/c1-19-17(6-3-2-4-7-17)15(18)14-5-10-21-16(13-14)8-11-20-12-9-16/h14-15,18H,2-13H2,1H3. The van der Waals surface area contributed by atoms with Crippen molar-refractivity contribution >= 4 is 0 Å². The molecular weight excluding hydrogens is 268 g/mol. The van der Waals surface area contributed by atoms with Crippen LogP contribution in [0, 0.1) is 5.92 Å². The summed E-state index contributed by atoms with van der Waals surface area (Å²) in [6, 6.07) is 0. The molecule has 2 saturated heterocycles. The van der Waals surface area contributed by atoms with Gasteiger partial charge in [-0.15, -0.1) is 0 Å². The molecule has 0 aromatic rings. The fourth-order valence-electron chi connectivity index (χ4n) is 4.63. The van der Waals surface area contributed by atoms with Gasteiger partial charge < -0.3 is 19.3 Å². The smallest absolute Gasteiger partial charge is 0.0939 e. The van der Waals surface area contributed by atoms with Crippen LogP contribution in [-0.2, 0) is 14.2 Å². The minimum absolute atomic E-state index is 0.0499. The lowest BCUT2D eigenvalue weighted by molar-refractivity contribution is -0.193. The molecule has 1 spiro atoms. The Bertz CT molecular complexity index is 326. The zero-order valence-electron chi connectivity index (χ0n) is 13.3. The van der Waals surface area contributed by atoms with Crippen molar-refractivity contribution in [3.05, 3.63) is 0 Å². The molecule has 0 aromatic heterocycles.